The Balaban J connectivity index is 0.000000360. The standard InChI is InChI=1S/C18H21N3O4.C2HF3O2/c1-3-21-17-13(9-19-21)6-7-20(14(17)10-23-2)18(22)12-4-5-15-16(8-12)25-11-24-15;3-2(4,5)1(6)7/h4-5,8-9,14H,3,6-7,10-11H2,1-2H3;(H,6,7). The lowest BCUT2D eigenvalue weighted by atomic mass is 9.98. The molecule has 0 bridgehead atoms. The molecule has 0 spiro atoms. The van der Waals surface area contributed by atoms with Gasteiger partial charge in [0.2, 0.25) is 6.79 Å². The number of methoxy groups -OCH3 is 1. The third-order valence-electron chi connectivity index (χ3n) is 5.02. The molecule has 4 rings (SSSR count). The molecule has 1 amide bonds. The lowest BCUT2D eigenvalue weighted by Gasteiger charge is -2.36. The van der Waals surface area contributed by atoms with Gasteiger partial charge < -0.3 is 24.2 Å². The predicted octanol–water partition coefficient (Wildman–Crippen LogP) is 2.65. The van der Waals surface area contributed by atoms with Crippen LogP contribution in [0.1, 0.15) is 34.6 Å². The molecule has 0 radical (unpaired) electrons. The van der Waals surface area contributed by atoms with Gasteiger partial charge in [-0.3, -0.25) is 9.48 Å². The van der Waals surface area contributed by atoms with E-state index >= 15 is 0 Å². The van der Waals surface area contributed by atoms with Crippen LogP contribution in [0.4, 0.5) is 13.2 Å². The van der Waals surface area contributed by atoms with Crippen molar-refractivity contribution in [1.82, 2.24) is 14.7 Å². The van der Waals surface area contributed by atoms with Crippen molar-refractivity contribution in [1.29, 1.82) is 0 Å². The number of nitrogens with zero attached hydrogens (tertiary/aromatic N) is 3. The molecule has 0 saturated heterocycles. The number of aliphatic carboxylic acids is 1. The van der Waals surface area contributed by atoms with Gasteiger partial charge in [0.1, 0.15) is 0 Å². The van der Waals surface area contributed by atoms with Gasteiger partial charge in [0.15, 0.2) is 11.5 Å². The Morgan fingerprint density at radius 1 is 1.28 bits per heavy atom. The molecule has 32 heavy (non-hydrogen) atoms. The molecule has 3 heterocycles. The van der Waals surface area contributed by atoms with E-state index in [9.17, 15) is 18.0 Å². The summed E-state index contributed by atoms with van der Waals surface area (Å²) in [7, 11) is 1.66. The molecule has 0 aliphatic carbocycles. The molecule has 1 aromatic carbocycles. The Hall–Kier alpha value is -3.28. The molecule has 1 aromatic heterocycles. The summed E-state index contributed by atoms with van der Waals surface area (Å²) >= 11 is 0. The van der Waals surface area contributed by atoms with Crippen LogP contribution in [0.25, 0.3) is 0 Å². The molecule has 0 saturated carbocycles. The second-order valence-electron chi connectivity index (χ2n) is 6.96. The first kappa shape index (κ1) is 23.4. The summed E-state index contributed by atoms with van der Waals surface area (Å²) in [5.74, 6) is -1.50. The number of hydrogen-bond donors (Lipinski definition) is 1. The van der Waals surface area contributed by atoms with Gasteiger partial charge in [0.25, 0.3) is 5.91 Å². The van der Waals surface area contributed by atoms with E-state index in [0.29, 0.717) is 30.2 Å². The summed E-state index contributed by atoms with van der Waals surface area (Å²) < 4.78 is 49.8. The van der Waals surface area contributed by atoms with Crippen LogP contribution in [0.15, 0.2) is 24.4 Å². The molecule has 2 aliphatic heterocycles. The zero-order chi connectivity index (χ0) is 23.5. The van der Waals surface area contributed by atoms with E-state index in [-0.39, 0.29) is 18.7 Å². The lowest BCUT2D eigenvalue weighted by molar-refractivity contribution is -0.192. The van der Waals surface area contributed by atoms with Crippen LogP contribution >= 0.6 is 0 Å². The van der Waals surface area contributed by atoms with Crippen molar-refractivity contribution >= 4 is 11.9 Å². The minimum Gasteiger partial charge on any atom is -0.475 e. The fourth-order valence-corrected chi connectivity index (χ4v) is 3.57. The fourth-order valence-electron chi connectivity index (χ4n) is 3.57. The van der Waals surface area contributed by atoms with Crippen LogP contribution in [0, 0.1) is 0 Å². The number of carbonyl (C=O) groups is 2. The van der Waals surface area contributed by atoms with Crippen LogP contribution < -0.4 is 9.47 Å². The highest BCUT2D eigenvalue weighted by atomic mass is 19.4. The number of carbonyl (C=O) groups excluding carboxylic acids is 1. The number of carboxylic acid groups (broad SMARTS) is 1. The van der Waals surface area contributed by atoms with E-state index in [4.69, 9.17) is 24.1 Å². The molecule has 174 valence electrons. The summed E-state index contributed by atoms with van der Waals surface area (Å²) in [5.41, 5.74) is 2.86. The highest BCUT2D eigenvalue weighted by Crippen LogP contribution is 2.35. The fraction of sp³-hybridized carbons (Fsp3) is 0.450. The summed E-state index contributed by atoms with van der Waals surface area (Å²) in [6, 6.07) is 5.18. The van der Waals surface area contributed by atoms with Crippen molar-refractivity contribution < 1.29 is 42.1 Å². The van der Waals surface area contributed by atoms with Gasteiger partial charge in [-0.15, -0.1) is 0 Å². The Morgan fingerprint density at radius 3 is 2.59 bits per heavy atom. The number of amides is 1. The first-order valence-corrected chi connectivity index (χ1v) is 9.71. The Morgan fingerprint density at radius 2 is 1.97 bits per heavy atom. The normalized spacial score (nSPS) is 16.8. The summed E-state index contributed by atoms with van der Waals surface area (Å²) in [6.45, 7) is 4.10. The van der Waals surface area contributed by atoms with Crippen LogP contribution in [-0.4, -0.2) is 64.9 Å². The molecule has 2 aromatic rings. The summed E-state index contributed by atoms with van der Waals surface area (Å²) in [5, 5.41) is 11.6. The minimum absolute atomic E-state index is 0.0325. The van der Waals surface area contributed by atoms with Crippen LogP contribution in [0.2, 0.25) is 0 Å². The summed E-state index contributed by atoms with van der Waals surface area (Å²) in [6.07, 6.45) is -2.38. The number of hydrogen-bond acceptors (Lipinski definition) is 6. The third-order valence-corrected chi connectivity index (χ3v) is 5.02. The van der Waals surface area contributed by atoms with Gasteiger partial charge in [-0.1, -0.05) is 0 Å². The van der Waals surface area contributed by atoms with Crippen molar-refractivity contribution in [3.8, 4) is 11.5 Å². The number of fused-ring (bicyclic) bond motifs is 2. The Kier molecular flexibility index (Phi) is 6.92. The number of carboxylic acids is 1. The number of benzene rings is 1. The number of rotatable bonds is 4. The molecular formula is C20H22F3N3O6. The van der Waals surface area contributed by atoms with Crippen molar-refractivity contribution in [2.24, 2.45) is 0 Å². The number of halogens is 3. The monoisotopic (exact) mass is 457 g/mol. The molecule has 9 nitrogen and oxygen atoms in total. The van der Waals surface area contributed by atoms with E-state index in [1.807, 2.05) is 15.8 Å². The van der Waals surface area contributed by atoms with Crippen molar-refractivity contribution in [2.75, 3.05) is 27.1 Å². The molecular weight excluding hydrogens is 435 g/mol. The smallest absolute Gasteiger partial charge is 0.475 e. The molecule has 12 heteroatoms. The first-order valence-electron chi connectivity index (χ1n) is 9.71. The quantitative estimate of drug-likeness (QED) is 0.753. The topological polar surface area (TPSA) is 103 Å². The van der Waals surface area contributed by atoms with E-state index in [0.717, 1.165) is 18.7 Å². The van der Waals surface area contributed by atoms with E-state index in [2.05, 4.69) is 12.0 Å². The van der Waals surface area contributed by atoms with Gasteiger partial charge in [-0.05, 0) is 37.1 Å². The Labute approximate surface area is 181 Å². The highest BCUT2D eigenvalue weighted by molar-refractivity contribution is 5.95. The van der Waals surface area contributed by atoms with Gasteiger partial charge >= 0.3 is 12.1 Å². The maximum atomic E-state index is 13.2. The van der Waals surface area contributed by atoms with Crippen LogP contribution in [-0.2, 0) is 22.5 Å². The van der Waals surface area contributed by atoms with Crippen LogP contribution in [0.5, 0.6) is 11.5 Å². The average Bonchev–Trinajstić information content (AvgIpc) is 3.39. The van der Waals surface area contributed by atoms with E-state index in [1.165, 1.54) is 5.56 Å². The molecule has 0 fully saturated rings. The number of aromatic nitrogens is 2. The number of aryl methyl sites for hydroxylation is 1. The maximum Gasteiger partial charge on any atom is 0.490 e. The van der Waals surface area contributed by atoms with Crippen molar-refractivity contribution in [3.63, 3.8) is 0 Å². The number of alkyl halides is 3. The van der Waals surface area contributed by atoms with Gasteiger partial charge in [0, 0.05) is 25.8 Å². The lowest BCUT2D eigenvalue weighted by Crippen LogP contribution is -2.42. The summed E-state index contributed by atoms with van der Waals surface area (Å²) in [4.78, 5) is 23.9. The second-order valence-corrected chi connectivity index (χ2v) is 6.96. The molecule has 1 N–H and O–H groups in total. The van der Waals surface area contributed by atoms with E-state index in [1.54, 1.807) is 25.3 Å². The van der Waals surface area contributed by atoms with Crippen molar-refractivity contribution in [2.45, 2.75) is 32.1 Å². The van der Waals surface area contributed by atoms with Crippen molar-refractivity contribution in [3.05, 3.63) is 41.2 Å². The zero-order valence-electron chi connectivity index (χ0n) is 17.4. The molecule has 1 unspecified atom stereocenters. The molecule has 1 atom stereocenters. The third kappa shape index (κ3) is 4.79. The largest absolute Gasteiger partial charge is 0.490 e. The minimum atomic E-state index is -5.08. The Bertz CT molecular complexity index is 978. The van der Waals surface area contributed by atoms with Gasteiger partial charge in [-0.2, -0.15) is 18.3 Å². The zero-order valence-corrected chi connectivity index (χ0v) is 17.4. The number of ether oxygens (including phenoxy) is 3. The SMILES string of the molecule is CCn1ncc2c1C(COC)N(C(=O)c1ccc3c(c1)OCO3)CC2.O=C(O)C(F)(F)F. The first-order chi connectivity index (χ1) is 15.2. The predicted molar refractivity (Wildman–Crippen MR) is 104 cm³/mol. The maximum absolute atomic E-state index is 13.2. The second kappa shape index (κ2) is 9.47. The van der Waals surface area contributed by atoms with Gasteiger partial charge in [0.05, 0.1) is 24.5 Å². The van der Waals surface area contributed by atoms with E-state index < -0.39 is 12.1 Å². The highest BCUT2D eigenvalue weighted by Gasteiger charge is 2.38. The van der Waals surface area contributed by atoms with Crippen LogP contribution in [0.3, 0.4) is 0 Å². The average molecular weight is 457 g/mol. The molecule has 2 aliphatic rings. The van der Waals surface area contributed by atoms with Gasteiger partial charge in [-0.25, -0.2) is 4.79 Å².